The van der Waals surface area contributed by atoms with Gasteiger partial charge in [-0.2, -0.15) is 0 Å². The van der Waals surface area contributed by atoms with Gasteiger partial charge in [-0.3, -0.25) is 4.79 Å². The van der Waals surface area contributed by atoms with Crippen LogP contribution in [0.25, 0.3) is 0 Å². The molecule has 138 valence electrons. The van der Waals surface area contributed by atoms with Crippen LogP contribution in [0.4, 0.5) is 0 Å². The summed E-state index contributed by atoms with van der Waals surface area (Å²) in [5.74, 6) is 2.44. The lowest BCUT2D eigenvalue weighted by Crippen LogP contribution is -2.19. The molecule has 2 aromatic rings. The predicted octanol–water partition coefficient (Wildman–Crippen LogP) is 2.74. The third-order valence-corrected chi connectivity index (χ3v) is 5.11. The lowest BCUT2D eigenvalue weighted by molar-refractivity contribution is 0.0965. The number of fused-ring (bicyclic) bond motifs is 1. The normalized spacial score (nSPS) is 20.9. The van der Waals surface area contributed by atoms with Crippen LogP contribution in [0, 0.1) is 5.92 Å². The van der Waals surface area contributed by atoms with Crippen molar-refractivity contribution >= 4 is 18.3 Å². The van der Waals surface area contributed by atoms with Gasteiger partial charge in [0.15, 0.2) is 0 Å². The SMILES string of the molecule is COc1ccc([C@@H]2CNC[C@H]2COc2ccc3c(c2)C(=O)NC3)cc1.Cl. The minimum absolute atomic E-state index is 0. The van der Waals surface area contributed by atoms with Gasteiger partial charge >= 0.3 is 0 Å². The third-order valence-electron chi connectivity index (χ3n) is 5.11. The van der Waals surface area contributed by atoms with Crippen molar-refractivity contribution in [2.45, 2.75) is 12.5 Å². The van der Waals surface area contributed by atoms with Gasteiger partial charge in [-0.1, -0.05) is 18.2 Å². The number of amides is 1. The van der Waals surface area contributed by atoms with Crippen molar-refractivity contribution in [3.8, 4) is 11.5 Å². The van der Waals surface area contributed by atoms with Gasteiger partial charge in [0.1, 0.15) is 11.5 Å². The maximum atomic E-state index is 11.8. The first-order chi connectivity index (χ1) is 12.2. The van der Waals surface area contributed by atoms with Gasteiger partial charge in [-0.15, -0.1) is 12.4 Å². The third kappa shape index (κ3) is 3.64. The molecule has 6 heteroatoms. The fraction of sp³-hybridized carbons (Fsp3) is 0.350. The summed E-state index contributed by atoms with van der Waals surface area (Å²) in [5, 5.41) is 6.29. The molecule has 1 saturated heterocycles. The Morgan fingerprint density at radius 1 is 1.08 bits per heavy atom. The number of nitrogens with one attached hydrogen (secondary N) is 2. The summed E-state index contributed by atoms with van der Waals surface area (Å²) < 4.78 is 11.3. The van der Waals surface area contributed by atoms with Crippen LogP contribution < -0.4 is 20.1 Å². The maximum absolute atomic E-state index is 11.8. The number of carbonyl (C=O) groups excluding carboxylic acids is 1. The van der Waals surface area contributed by atoms with Crippen molar-refractivity contribution in [2.75, 3.05) is 26.8 Å². The Hall–Kier alpha value is -2.24. The highest BCUT2D eigenvalue weighted by molar-refractivity contribution is 5.98. The van der Waals surface area contributed by atoms with Crippen molar-refractivity contribution in [3.63, 3.8) is 0 Å². The van der Waals surface area contributed by atoms with Crippen molar-refractivity contribution in [3.05, 3.63) is 59.2 Å². The predicted molar refractivity (Wildman–Crippen MR) is 102 cm³/mol. The van der Waals surface area contributed by atoms with E-state index in [-0.39, 0.29) is 18.3 Å². The van der Waals surface area contributed by atoms with E-state index in [1.165, 1.54) is 5.56 Å². The van der Waals surface area contributed by atoms with Gasteiger partial charge in [0.25, 0.3) is 5.91 Å². The highest BCUT2D eigenvalue weighted by Gasteiger charge is 2.29. The van der Waals surface area contributed by atoms with Crippen LogP contribution in [-0.2, 0) is 6.54 Å². The van der Waals surface area contributed by atoms with Gasteiger partial charge in [0, 0.05) is 37.0 Å². The summed E-state index contributed by atoms with van der Waals surface area (Å²) in [7, 11) is 1.68. The second-order valence-electron chi connectivity index (χ2n) is 6.61. The lowest BCUT2D eigenvalue weighted by Gasteiger charge is -2.20. The first-order valence-electron chi connectivity index (χ1n) is 8.63. The zero-order valence-electron chi connectivity index (χ0n) is 14.7. The minimum Gasteiger partial charge on any atom is -0.497 e. The van der Waals surface area contributed by atoms with Crippen molar-refractivity contribution in [1.29, 1.82) is 0 Å². The number of carbonyl (C=O) groups is 1. The number of hydrogen-bond acceptors (Lipinski definition) is 4. The largest absolute Gasteiger partial charge is 0.497 e. The van der Waals surface area contributed by atoms with Crippen LogP contribution in [0.2, 0.25) is 0 Å². The number of rotatable bonds is 5. The summed E-state index contributed by atoms with van der Waals surface area (Å²) in [6, 6.07) is 14.0. The van der Waals surface area contributed by atoms with Gasteiger partial charge in [0.2, 0.25) is 0 Å². The first-order valence-corrected chi connectivity index (χ1v) is 8.63. The molecule has 0 radical (unpaired) electrons. The first kappa shape index (κ1) is 18.5. The zero-order valence-corrected chi connectivity index (χ0v) is 15.5. The van der Waals surface area contributed by atoms with E-state index in [0.29, 0.717) is 25.0 Å². The molecule has 0 spiro atoms. The molecule has 2 aliphatic rings. The van der Waals surface area contributed by atoms with E-state index in [1.54, 1.807) is 7.11 Å². The fourth-order valence-electron chi connectivity index (χ4n) is 3.63. The Labute approximate surface area is 159 Å². The molecule has 2 heterocycles. The molecule has 2 aromatic carbocycles. The lowest BCUT2D eigenvalue weighted by atomic mass is 9.89. The average molecular weight is 375 g/mol. The Kier molecular flexibility index (Phi) is 5.69. The van der Waals surface area contributed by atoms with Crippen LogP contribution in [0.15, 0.2) is 42.5 Å². The standard InChI is InChI=1S/C20H22N2O3.ClH/c1-24-16-5-2-13(3-6-16)19-11-21-9-15(19)12-25-17-7-4-14-10-22-20(23)18(14)8-17;/h2-8,15,19,21H,9-12H2,1H3,(H,22,23);1H/t15-,19-;/m0./s1. The highest BCUT2D eigenvalue weighted by atomic mass is 35.5. The van der Waals surface area contributed by atoms with Crippen LogP contribution >= 0.6 is 12.4 Å². The molecule has 2 atom stereocenters. The molecule has 2 aliphatic heterocycles. The van der Waals surface area contributed by atoms with Gasteiger partial charge in [-0.05, 0) is 35.4 Å². The van der Waals surface area contributed by atoms with E-state index in [4.69, 9.17) is 9.47 Å². The Morgan fingerprint density at radius 3 is 2.62 bits per heavy atom. The number of hydrogen-bond donors (Lipinski definition) is 2. The van der Waals surface area contributed by atoms with Gasteiger partial charge in [0.05, 0.1) is 13.7 Å². The van der Waals surface area contributed by atoms with Crippen molar-refractivity contribution in [1.82, 2.24) is 10.6 Å². The smallest absolute Gasteiger partial charge is 0.252 e. The molecular formula is C20H23ClN2O3. The summed E-state index contributed by atoms with van der Waals surface area (Å²) in [5.41, 5.74) is 3.07. The number of ether oxygens (including phenoxy) is 2. The van der Waals surface area contributed by atoms with Crippen LogP contribution in [-0.4, -0.2) is 32.7 Å². The second kappa shape index (κ2) is 7.98. The molecule has 26 heavy (non-hydrogen) atoms. The molecule has 0 saturated carbocycles. The Balaban J connectivity index is 0.00000196. The number of halogens is 1. The van der Waals surface area contributed by atoms with E-state index >= 15 is 0 Å². The summed E-state index contributed by atoms with van der Waals surface area (Å²) in [4.78, 5) is 11.8. The number of methoxy groups -OCH3 is 1. The van der Waals surface area contributed by atoms with Gasteiger partial charge < -0.3 is 20.1 Å². The highest BCUT2D eigenvalue weighted by Crippen LogP contribution is 2.30. The maximum Gasteiger partial charge on any atom is 0.252 e. The monoisotopic (exact) mass is 374 g/mol. The van der Waals surface area contributed by atoms with E-state index in [2.05, 4.69) is 22.8 Å². The zero-order chi connectivity index (χ0) is 17.2. The van der Waals surface area contributed by atoms with Crippen LogP contribution in [0.1, 0.15) is 27.4 Å². The summed E-state index contributed by atoms with van der Waals surface area (Å²) in [6.45, 7) is 3.12. The molecule has 0 unspecified atom stereocenters. The van der Waals surface area contributed by atoms with E-state index in [1.807, 2.05) is 30.3 Å². The van der Waals surface area contributed by atoms with Gasteiger partial charge in [-0.25, -0.2) is 0 Å². The van der Waals surface area contributed by atoms with E-state index in [9.17, 15) is 4.79 Å². The van der Waals surface area contributed by atoms with Crippen molar-refractivity contribution < 1.29 is 14.3 Å². The fourth-order valence-corrected chi connectivity index (χ4v) is 3.63. The molecule has 1 fully saturated rings. The van der Waals surface area contributed by atoms with Crippen LogP contribution in [0.3, 0.4) is 0 Å². The average Bonchev–Trinajstić information content (AvgIpc) is 3.27. The second-order valence-corrected chi connectivity index (χ2v) is 6.61. The summed E-state index contributed by atoms with van der Waals surface area (Å²) in [6.07, 6.45) is 0. The quantitative estimate of drug-likeness (QED) is 0.844. The molecule has 2 N–H and O–H groups in total. The van der Waals surface area contributed by atoms with Crippen molar-refractivity contribution in [2.24, 2.45) is 5.92 Å². The molecule has 0 aromatic heterocycles. The van der Waals surface area contributed by atoms with Crippen LogP contribution in [0.5, 0.6) is 11.5 Å². The molecule has 0 bridgehead atoms. The minimum atomic E-state index is -0.0147. The topological polar surface area (TPSA) is 59.6 Å². The number of benzene rings is 2. The molecular weight excluding hydrogens is 352 g/mol. The van der Waals surface area contributed by atoms with E-state index < -0.39 is 0 Å². The molecule has 5 nitrogen and oxygen atoms in total. The molecule has 0 aliphatic carbocycles. The molecule has 4 rings (SSSR count). The Morgan fingerprint density at radius 2 is 1.85 bits per heavy atom. The summed E-state index contributed by atoms with van der Waals surface area (Å²) >= 11 is 0. The Bertz CT molecular complexity index is 779. The molecule has 1 amide bonds. The van der Waals surface area contributed by atoms with E-state index in [0.717, 1.165) is 35.7 Å².